The van der Waals surface area contributed by atoms with Crippen LogP contribution in [0.25, 0.3) is 0 Å². The van der Waals surface area contributed by atoms with Crippen LogP contribution in [0.3, 0.4) is 0 Å². The number of hydrogen-bond acceptors (Lipinski definition) is 2. The number of hydrogen-bond donors (Lipinski definition) is 0. The highest BCUT2D eigenvalue weighted by atomic mass is 16.5. The van der Waals surface area contributed by atoms with Crippen LogP contribution in [0.1, 0.15) is 56.9 Å². The molecular formula is C19H27NO2. The monoisotopic (exact) mass is 301 g/mol. The zero-order valence-corrected chi connectivity index (χ0v) is 13.6. The number of rotatable bonds is 3. The van der Waals surface area contributed by atoms with E-state index >= 15 is 0 Å². The molecule has 1 saturated heterocycles. The number of carbonyl (C=O) groups is 1. The van der Waals surface area contributed by atoms with E-state index < -0.39 is 0 Å². The van der Waals surface area contributed by atoms with Crippen molar-refractivity contribution in [2.24, 2.45) is 0 Å². The smallest absolute Gasteiger partial charge is 0.233 e. The highest BCUT2D eigenvalue weighted by molar-refractivity contribution is 5.88. The van der Waals surface area contributed by atoms with E-state index in [0.29, 0.717) is 5.91 Å². The lowest BCUT2D eigenvalue weighted by atomic mass is 9.73. The Labute approximate surface area is 133 Å². The molecule has 0 spiro atoms. The molecule has 0 radical (unpaired) electrons. The molecular weight excluding hydrogens is 274 g/mol. The van der Waals surface area contributed by atoms with Crippen molar-refractivity contribution in [1.29, 1.82) is 0 Å². The van der Waals surface area contributed by atoms with Gasteiger partial charge in [0, 0.05) is 13.1 Å². The van der Waals surface area contributed by atoms with Crippen molar-refractivity contribution in [3.05, 3.63) is 29.8 Å². The highest BCUT2D eigenvalue weighted by Crippen LogP contribution is 2.41. The second-order valence-electron chi connectivity index (χ2n) is 6.72. The summed E-state index contributed by atoms with van der Waals surface area (Å²) in [6.07, 6.45) is 9.13. The summed E-state index contributed by atoms with van der Waals surface area (Å²) in [5.41, 5.74) is 0.889. The molecule has 1 aliphatic carbocycles. The van der Waals surface area contributed by atoms with Gasteiger partial charge in [0.1, 0.15) is 5.75 Å². The Kier molecular flexibility index (Phi) is 4.70. The third-order valence-electron chi connectivity index (χ3n) is 5.40. The van der Waals surface area contributed by atoms with E-state index in [1.807, 2.05) is 12.1 Å². The third kappa shape index (κ3) is 2.86. The van der Waals surface area contributed by atoms with Gasteiger partial charge in [-0.1, -0.05) is 37.8 Å². The molecule has 0 bridgehead atoms. The van der Waals surface area contributed by atoms with E-state index in [2.05, 4.69) is 17.0 Å². The van der Waals surface area contributed by atoms with E-state index in [0.717, 1.165) is 57.4 Å². The molecule has 3 rings (SSSR count). The average Bonchev–Trinajstić information content (AvgIpc) is 2.99. The Morgan fingerprint density at radius 3 is 2.09 bits per heavy atom. The van der Waals surface area contributed by atoms with Gasteiger partial charge in [0.15, 0.2) is 0 Å². The Balaban J connectivity index is 1.95. The summed E-state index contributed by atoms with van der Waals surface area (Å²) in [6.45, 7) is 1.88. The normalized spacial score (nSPS) is 21.4. The van der Waals surface area contributed by atoms with E-state index in [1.165, 1.54) is 18.4 Å². The van der Waals surface area contributed by atoms with Gasteiger partial charge in [-0.2, -0.15) is 0 Å². The van der Waals surface area contributed by atoms with Crippen molar-refractivity contribution in [1.82, 2.24) is 4.90 Å². The third-order valence-corrected chi connectivity index (χ3v) is 5.40. The second-order valence-corrected chi connectivity index (χ2v) is 6.72. The first-order chi connectivity index (χ1) is 10.8. The van der Waals surface area contributed by atoms with Crippen LogP contribution in [0, 0.1) is 0 Å². The van der Waals surface area contributed by atoms with Crippen LogP contribution < -0.4 is 4.74 Å². The lowest BCUT2D eigenvalue weighted by molar-refractivity contribution is -0.137. The van der Waals surface area contributed by atoms with Gasteiger partial charge in [0.25, 0.3) is 0 Å². The maximum Gasteiger partial charge on any atom is 0.233 e. The van der Waals surface area contributed by atoms with Crippen LogP contribution in [0.15, 0.2) is 24.3 Å². The molecule has 1 aromatic rings. The molecule has 1 saturated carbocycles. The fourth-order valence-electron chi connectivity index (χ4n) is 4.09. The quantitative estimate of drug-likeness (QED) is 0.792. The summed E-state index contributed by atoms with van der Waals surface area (Å²) in [6, 6.07) is 8.22. The molecule has 1 aliphatic heterocycles. The summed E-state index contributed by atoms with van der Waals surface area (Å²) >= 11 is 0. The van der Waals surface area contributed by atoms with E-state index in [-0.39, 0.29) is 5.41 Å². The maximum absolute atomic E-state index is 13.3. The standard InChI is InChI=1S/C19H27NO2/c1-22-17-10-8-16(9-11-17)19(12-4-2-3-5-13-19)18(21)20-14-6-7-15-20/h8-11H,2-7,12-15H2,1H3. The molecule has 1 aromatic carbocycles. The maximum atomic E-state index is 13.3. The summed E-state index contributed by atoms with van der Waals surface area (Å²) in [4.78, 5) is 15.4. The van der Waals surface area contributed by atoms with Crippen LogP contribution >= 0.6 is 0 Å². The molecule has 0 unspecified atom stereocenters. The summed E-state index contributed by atoms with van der Waals surface area (Å²) in [5.74, 6) is 1.23. The number of nitrogens with zero attached hydrogens (tertiary/aromatic N) is 1. The molecule has 1 amide bonds. The highest BCUT2D eigenvalue weighted by Gasteiger charge is 2.43. The summed E-state index contributed by atoms with van der Waals surface area (Å²) < 4.78 is 5.28. The van der Waals surface area contributed by atoms with Crippen LogP contribution in [0.4, 0.5) is 0 Å². The lowest BCUT2D eigenvalue weighted by Gasteiger charge is -2.36. The molecule has 2 aliphatic rings. The minimum Gasteiger partial charge on any atom is -0.497 e. The van der Waals surface area contributed by atoms with Crippen LogP contribution in [0.5, 0.6) is 5.75 Å². The van der Waals surface area contributed by atoms with Crippen molar-refractivity contribution < 1.29 is 9.53 Å². The van der Waals surface area contributed by atoms with Gasteiger partial charge < -0.3 is 9.64 Å². The molecule has 22 heavy (non-hydrogen) atoms. The van der Waals surface area contributed by atoms with Crippen molar-refractivity contribution in [2.45, 2.75) is 56.8 Å². The first-order valence-corrected chi connectivity index (χ1v) is 8.70. The number of benzene rings is 1. The fraction of sp³-hybridized carbons (Fsp3) is 0.632. The Hall–Kier alpha value is -1.51. The number of likely N-dealkylation sites (tertiary alicyclic amines) is 1. The summed E-state index contributed by atoms with van der Waals surface area (Å²) in [7, 11) is 1.69. The van der Waals surface area contributed by atoms with Crippen molar-refractivity contribution in [3.63, 3.8) is 0 Å². The largest absolute Gasteiger partial charge is 0.497 e. The zero-order chi connectivity index (χ0) is 15.4. The van der Waals surface area contributed by atoms with Gasteiger partial charge in [0.05, 0.1) is 12.5 Å². The Bertz CT molecular complexity index is 495. The number of carbonyl (C=O) groups excluding carboxylic acids is 1. The predicted octanol–water partition coefficient (Wildman–Crippen LogP) is 3.91. The Morgan fingerprint density at radius 1 is 0.955 bits per heavy atom. The first kappa shape index (κ1) is 15.4. The number of amides is 1. The summed E-state index contributed by atoms with van der Waals surface area (Å²) in [5, 5.41) is 0. The van der Waals surface area contributed by atoms with Gasteiger partial charge >= 0.3 is 0 Å². The van der Waals surface area contributed by atoms with Crippen molar-refractivity contribution >= 4 is 5.91 Å². The van der Waals surface area contributed by atoms with E-state index in [9.17, 15) is 4.79 Å². The van der Waals surface area contributed by atoms with Gasteiger partial charge in [-0.05, 0) is 43.4 Å². The Morgan fingerprint density at radius 2 is 1.55 bits per heavy atom. The van der Waals surface area contributed by atoms with Gasteiger partial charge in [0.2, 0.25) is 5.91 Å². The molecule has 0 N–H and O–H groups in total. The molecule has 3 nitrogen and oxygen atoms in total. The van der Waals surface area contributed by atoms with Crippen LogP contribution in [0.2, 0.25) is 0 Å². The molecule has 120 valence electrons. The SMILES string of the molecule is COc1ccc(C2(C(=O)N3CCCC3)CCCCCC2)cc1. The van der Waals surface area contributed by atoms with Crippen molar-refractivity contribution in [2.75, 3.05) is 20.2 Å². The van der Waals surface area contributed by atoms with Crippen molar-refractivity contribution in [3.8, 4) is 5.75 Å². The zero-order valence-electron chi connectivity index (χ0n) is 13.6. The number of methoxy groups -OCH3 is 1. The lowest BCUT2D eigenvalue weighted by Crippen LogP contribution is -2.45. The fourth-order valence-corrected chi connectivity index (χ4v) is 4.09. The predicted molar refractivity (Wildman–Crippen MR) is 88.2 cm³/mol. The van der Waals surface area contributed by atoms with Gasteiger partial charge in [-0.3, -0.25) is 4.79 Å². The minimum atomic E-state index is -0.299. The minimum absolute atomic E-state index is 0.299. The van der Waals surface area contributed by atoms with E-state index in [4.69, 9.17) is 4.74 Å². The molecule has 1 heterocycles. The van der Waals surface area contributed by atoms with Gasteiger partial charge in [-0.25, -0.2) is 0 Å². The second kappa shape index (κ2) is 6.72. The van der Waals surface area contributed by atoms with E-state index in [1.54, 1.807) is 7.11 Å². The number of ether oxygens (including phenoxy) is 1. The first-order valence-electron chi connectivity index (χ1n) is 8.70. The van der Waals surface area contributed by atoms with Gasteiger partial charge in [-0.15, -0.1) is 0 Å². The van der Waals surface area contributed by atoms with Crippen LogP contribution in [-0.2, 0) is 10.2 Å². The topological polar surface area (TPSA) is 29.5 Å². The molecule has 0 aromatic heterocycles. The molecule has 3 heteroatoms. The molecule has 2 fully saturated rings. The molecule has 0 atom stereocenters. The average molecular weight is 301 g/mol. The van der Waals surface area contributed by atoms with Crippen LogP contribution in [-0.4, -0.2) is 31.0 Å².